The van der Waals surface area contributed by atoms with Gasteiger partial charge in [0.1, 0.15) is 0 Å². The smallest absolute Gasteiger partial charge is 0.0190 e. The molecule has 0 aromatic rings. The normalized spacial score (nSPS) is 12.8. The minimum atomic E-state index is 0.506. The average molecular weight is 184 g/mol. The zero-order valence-corrected chi connectivity index (χ0v) is 8.89. The van der Waals surface area contributed by atoms with Crippen molar-refractivity contribution in [1.29, 1.82) is 0 Å². The van der Waals surface area contributed by atoms with Crippen LogP contribution in [0, 0.1) is 0 Å². The lowest BCUT2D eigenvalue weighted by Gasteiger charge is -2.15. The summed E-state index contributed by atoms with van der Waals surface area (Å²) < 4.78 is 0. The molecule has 1 atom stereocenters. The quantitative estimate of drug-likeness (QED) is 0.425. The fourth-order valence-electron chi connectivity index (χ4n) is 1.33. The van der Waals surface area contributed by atoms with E-state index in [-0.39, 0.29) is 0 Å². The summed E-state index contributed by atoms with van der Waals surface area (Å²) in [6.07, 6.45) is 8.07. The van der Waals surface area contributed by atoms with E-state index in [2.05, 4.69) is 18.8 Å². The van der Waals surface area contributed by atoms with Crippen LogP contribution < -0.4 is 11.1 Å². The molecular weight excluding hydrogens is 160 g/mol. The van der Waals surface area contributed by atoms with Crippen molar-refractivity contribution in [2.24, 2.45) is 5.73 Å². The lowest BCUT2D eigenvalue weighted by atomic mass is 10.1. The SMILES string of the molecule is C=CCCNC(CN)CCCCC. The molecule has 13 heavy (non-hydrogen) atoms. The van der Waals surface area contributed by atoms with Gasteiger partial charge in [-0.3, -0.25) is 0 Å². The lowest BCUT2D eigenvalue weighted by molar-refractivity contribution is 0.470. The average Bonchev–Trinajstić information content (AvgIpc) is 2.16. The molecule has 0 radical (unpaired) electrons. The van der Waals surface area contributed by atoms with E-state index in [1.165, 1.54) is 25.7 Å². The minimum Gasteiger partial charge on any atom is -0.329 e. The van der Waals surface area contributed by atoms with Gasteiger partial charge in [-0.05, 0) is 19.4 Å². The zero-order chi connectivity index (χ0) is 9.94. The molecule has 0 spiro atoms. The molecule has 3 N–H and O–H groups in total. The van der Waals surface area contributed by atoms with Gasteiger partial charge in [0.15, 0.2) is 0 Å². The van der Waals surface area contributed by atoms with Gasteiger partial charge in [0.05, 0.1) is 0 Å². The molecule has 0 aliphatic carbocycles. The summed E-state index contributed by atoms with van der Waals surface area (Å²) in [4.78, 5) is 0. The maximum Gasteiger partial charge on any atom is 0.0190 e. The third kappa shape index (κ3) is 8.00. The van der Waals surface area contributed by atoms with Crippen LogP contribution in [-0.4, -0.2) is 19.1 Å². The van der Waals surface area contributed by atoms with E-state index >= 15 is 0 Å². The van der Waals surface area contributed by atoms with E-state index in [1.807, 2.05) is 6.08 Å². The largest absolute Gasteiger partial charge is 0.329 e. The summed E-state index contributed by atoms with van der Waals surface area (Å²) in [5, 5.41) is 3.43. The van der Waals surface area contributed by atoms with E-state index in [9.17, 15) is 0 Å². The Hall–Kier alpha value is -0.340. The van der Waals surface area contributed by atoms with Gasteiger partial charge in [0.2, 0.25) is 0 Å². The van der Waals surface area contributed by atoms with Crippen molar-refractivity contribution >= 4 is 0 Å². The zero-order valence-electron chi connectivity index (χ0n) is 8.89. The van der Waals surface area contributed by atoms with Crippen molar-refractivity contribution in [2.75, 3.05) is 13.1 Å². The molecule has 0 saturated carbocycles. The molecule has 0 aliphatic heterocycles. The van der Waals surface area contributed by atoms with Gasteiger partial charge in [-0.25, -0.2) is 0 Å². The standard InChI is InChI=1S/C11H24N2/c1-3-5-7-8-11(10-12)13-9-6-4-2/h4,11,13H,2-3,5-10,12H2,1H3. The first-order chi connectivity index (χ1) is 6.35. The number of rotatable bonds is 9. The van der Waals surface area contributed by atoms with Gasteiger partial charge in [0.25, 0.3) is 0 Å². The summed E-state index contributed by atoms with van der Waals surface area (Å²) >= 11 is 0. The highest BCUT2D eigenvalue weighted by Gasteiger charge is 2.03. The molecular formula is C11H24N2. The molecule has 0 aromatic carbocycles. The molecule has 0 bridgehead atoms. The maximum atomic E-state index is 5.65. The highest BCUT2D eigenvalue weighted by atomic mass is 14.9. The number of hydrogen-bond acceptors (Lipinski definition) is 2. The van der Waals surface area contributed by atoms with Crippen LogP contribution in [0.2, 0.25) is 0 Å². The first kappa shape index (κ1) is 12.7. The second-order valence-corrected chi connectivity index (χ2v) is 3.46. The number of hydrogen-bond donors (Lipinski definition) is 2. The molecule has 0 aliphatic rings. The van der Waals surface area contributed by atoms with Crippen molar-refractivity contribution in [3.63, 3.8) is 0 Å². The van der Waals surface area contributed by atoms with Crippen molar-refractivity contribution in [2.45, 2.75) is 45.1 Å². The topological polar surface area (TPSA) is 38.0 Å². The van der Waals surface area contributed by atoms with Crippen molar-refractivity contribution in [1.82, 2.24) is 5.32 Å². The second kappa shape index (κ2) is 9.75. The van der Waals surface area contributed by atoms with Crippen LogP contribution in [0.3, 0.4) is 0 Å². The van der Waals surface area contributed by atoms with Crippen LogP contribution in [0.1, 0.15) is 39.0 Å². The Labute approximate surface area is 82.6 Å². The predicted molar refractivity (Wildman–Crippen MR) is 59.8 cm³/mol. The van der Waals surface area contributed by atoms with Crippen molar-refractivity contribution < 1.29 is 0 Å². The Bertz CT molecular complexity index is 113. The first-order valence-corrected chi connectivity index (χ1v) is 5.39. The monoisotopic (exact) mass is 184 g/mol. The van der Waals surface area contributed by atoms with Gasteiger partial charge >= 0.3 is 0 Å². The van der Waals surface area contributed by atoms with Crippen LogP contribution in [0.15, 0.2) is 12.7 Å². The Balaban J connectivity index is 3.33. The van der Waals surface area contributed by atoms with E-state index in [4.69, 9.17) is 5.73 Å². The molecule has 2 heteroatoms. The van der Waals surface area contributed by atoms with E-state index < -0.39 is 0 Å². The predicted octanol–water partition coefficient (Wildman–Crippen LogP) is 2.06. The Morgan fingerprint density at radius 3 is 2.77 bits per heavy atom. The molecule has 0 rings (SSSR count). The molecule has 0 heterocycles. The van der Waals surface area contributed by atoms with Crippen molar-refractivity contribution in [3.8, 4) is 0 Å². The fraction of sp³-hybridized carbons (Fsp3) is 0.818. The van der Waals surface area contributed by atoms with Crippen LogP contribution in [0.4, 0.5) is 0 Å². The summed E-state index contributed by atoms with van der Waals surface area (Å²) in [6.45, 7) is 7.67. The Kier molecular flexibility index (Phi) is 9.49. The maximum absolute atomic E-state index is 5.65. The Morgan fingerprint density at radius 1 is 1.46 bits per heavy atom. The second-order valence-electron chi connectivity index (χ2n) is 3.46. The van der Waals surface area contributed by atoms with Crippen molar-refractivity contribution in [3.05, 3.63) is 12.7 Å². The number of nitrogens with one attached hydrogen (secondary N) is 1. The first-order valence-electron chi connectivity index (χ1n) is 5.39. The fourth-order valence-corrected chi connectivity index (χ4v) is 1.33. The molecule has 0 aromatic heterocycles. The number of unbranched alkanes of at least 4 members (excludes halogenated alkanes) is 2. The third-order valence-corrected chi connectivity index (χ3v) is 2.22. The van der Waals surface area contributed by atoms with Crippen LogP contribution in [-0.2, 0) is 0 Å². The van der Waals surface area contributed by atoms with E-state index in [0.29, 0.717) is 6.04 Å². The minimum absolute atomic E-state index is 0.506. The van der Waals surface area contributed by atoms with E-state index in [0.717, 1.165) is 19.5 Å². The third-order valence-electron chi connectivity index (χ3n) is 2.22. The van der Waals surface area contributed by atoms with Crippen LogP contribution in [0.25, 0.3) is 0 Å². The van der Waals surface area contributed by atoms with Gasteiger partial charge in [0, 0.05) is 12.6 Å². The molecule has 0 amide bonds. The van der Waals surface area contributed by atoms with Gasteiger partial charge in [-0.1, -0.05) is 32.3 Å². The molecule has 0 saturated heterocycles. The summed E-state index contributed by atoms with van der Waals surface area (Å²) in [5.74, 6) is 0. The highest BCUT2D eigenvalue weighted by molar-refractivity contribution is 4.72. The highest BCUT2D eigenvalue weighted by Crippen LogP contribution is 2.02. The molecule has 0 fully saturated rings. The van der Waals surface area contributed by atoms with Gasteiger partial charge in [-0.2, -0.15) is 0 Å². The van der Waals surface area contributed by atoms with Gasteiger partial charge < -0.3 is 11.1 Å². The molecule has 1 unspecified atom stereocenters. The summed E-state index contributed by atoms with van der Waals surface area (Å²) in [5.41, 5.74) is 5.65. The molecule has 78 valence electrons. The molecule has 2 nitrogen and oxygen atoms in total. The van der Waals surface area contributed by atoms with Gasteiger partial charge in [-0.15, -0.1) is 6.58 Å². The van der Waals surface area contributed by atoms with E-state index in [1.54, 1.807) is 0 Å². The number of nitrogens with two attached hydrogens (primary N) is 1. The summed E-state index contributed by atoms with van der Waals surface area (Å²) in [6, 6.07) is 0.506. The lowest BCUT2D eigenvalue weighted by Crippen LogP contribution is -2.36. The van der Waals surface area contributed by atoms with Crippen LogP contribution in [0.5, 0.6) is 0 Å². The summed E-state index contributed by atoms with van der Waals surface area (Å²) in [7, 11) is 0. The Morgan fingerprint density at radius 2 is 2.23 bits per heavy atom. The van der Waals surface area contributed by atoms with Crippen LogP contribution >= 0.6 is 0 Å².